The van der Waals surface area contributed by atoms with Gasteiger partial charge in [-0.2, -0.15) is 0 Å². The summed E-state index contributed by atoms with van der Waals surface area (Å²) in [7, 11) is 1.69. The number of hydrogen-bond donors (Lipinski definition) is 2. The maximum Gasteiger partial charge on any atom is 0.251 e. The highest BCUT2D eigenvalue weighted by molar-refractivity contribution is 5.82. The smallest absolute Gasteiger partial charge is 0.251 e. The molecule has 0 spiro atoms. The highest BCUT2D eigenvalue weighted by Gasteiger charge is 2.25. The van der Waals surface area contributed by atoms with Crippen LogP contribution >= 0.6 is 0 Å². The third-order valence-corrected chi connectivity index (χ3v) is 4.46. The van der Waals surface area contributed by atoms with Gasteiger partial charge in [0.05, 0.1) is 23.3 Å². The Kier molecular flexibility index (Phi) is 5.94. The highest BCUT2D eigenvalue weighted by Crippen LogP contribution is 2.21. The summed E-state index contributed by atoms with van der Waals surface area (Å²) in [5.74, 6) is 0.282. The van der Waals surface area contributed by atoms with E-state index in [1.807, 2.05) is 18.2 Å². The average Bonchev–Trinajstić information content (AvgIpc) is 3.56. The van der Waals surface area contributed by atoms with Crippen molar-refractivity contribution >= 4 is 17.5 Å². The number of carbonyl (C=O) groups is 1. The Morgan fingerprint density at radius 1 is 1.10 bits per heavy atom. The zero-order valence-corrected chi connectivity index (χ0v) is 16.5. The van der Waals surface area contributed by atoms with Crippen LogP contribution in [0.5, 0.6) is 0 Å². The van der Waals surface area contributed by atoms with Crippen molar-refractivity contribution in [2.75, 3.05) is 18.9 Å². The first-order valence-corrected chi connectivity index (χ1v) is 9.41. The molecule has 158 valence electrons. The second-order valence-electron chi connectivity index (χ2n) is 6.66. The number of aliphatic hydroxyl groups excluding tert-OH is 1. The molecule has 1 aliphatic rings. The van der Waals surface area contributed by atoms with E-state index >= 15 is 0 Å². The van der Waals surface area contributed by atoms with Gasteiger partial charge in [0.1, 0.15) is 30.0 Å². The third-order valence-electron chi connectivity index (χ3n) is 4.46. The van der Waals surface area contributed by atoms with Gasteiger partial charge in [-0.1, -0.05) is 16.4 Å². The fourth-order valence-electron chi connectivity index (χ4n) is 2.83. The number of likely N-dealkylation sites (tertiary alicyclic amines) is 1. The summed E-state index contributed by atoms with van der Waals surface area (Å²) in [4.78, 5) is 25.3. The van der Waals surface area contributed by atoms with Crippen molar-refractivity contribution in [3.63, 3.8) is 0 Å². The molecule has 0 saturated carbocycles. The van der Waals surface area contributed by atoms with E-state index in [1.54, 1.807) is 31.6 Å². The van der Waals surface area contributed by atoms with Crippen LogP contribution in [0.4, 0.5) is 11.6 Å². The van der Waals surface area contributed by atoms with Crippen molar-refractivity contribution in [1.82, 2.24) is 30.2 Å². The SMILES string of the molecule is CN1CCC(O)C1=O.c1cc(-c2ccon2)nc(-c2ccnc(Nc3cnoc3)n2)c1. The molecule has 1 saturated heterocycles. The molecular weight excluding hydrogens is 402 g/mol. The molecule has 0 bridgehead atoms. The van der Waals surface area contributed by atoms with Gasteiger partial charge >= 0.3 is 0 Å². The van der Waals surface area contributed by atoms with Gasteiger partial charge in [-0.05, 0) is 24.6 Å². The van der Waals surface area contributed by atoms with Gasteiger partial charge < -0.3 is 24.4 Å². The predicted molar refractivity (Wildman–Crippen MR) is 109 cm³/mol. The van der Waals surface area contributed by atoms with Crippen molar-refractivity contribution in [2.45, 2.75) is 12.5 Å². The van der Waals surface area contributed by atoms with Gasteiger partial charge in [0.15, 0.2) is 0 Å². The summed E-state index contributed by atoms with van der Waals surface area (Å²) < 4.78 is 9.61. The molecule has 1 amide bonds. The predicted octanol–water partition coefficient (Wildman–Crippen LogP) is 2.13. The van der Waals surface area contributed by atoms with E-state index in [0.717, 1.165) is 0 Å². The van der Waals surface area contributed by atoms with E-state index in [-0.39, 0.29) is 5.91 Å². The number of amides is 1. The quantitative estimate of drug-likeness (QED) is 0.503. The van der Waals surface area contributed by atoms with E-state index in [9.17, 15) is 4.79 Å². The third kappa shape index (κ3) is 4.90. The van der Waals surface area contributed by atoms with Crippen molar-refractivity contribution in [3.05, 3.63) is 55.3 Å². The number of aliphatic hydroxyl groups is 1. The number of nitrogens with zero attached hydrogens (tertiary/aromatic N) is 6. The highest BCUT2D eigenvalue weighted by atomic mass is 16.5. The average molecular weight is 421 g/mol. The summed E-state index contributed by atoms with van der Waals surface area (Å²) >= 11 is 0. The minimum atomic E-state index is -0.722. The molecule has 1 aliphatic heterocycles. The Bertz CT molecular complexity index is 1120. The molecule has 5 rings (SSSR count). The van der Waals surface area contributed by atoms with Crippen LogP contribution in [0.3, 0.4) is 0 Å². The summed E-state index contributed by atoms with van der Waals surface area (Å²) in [6.45, 7) is 0.694. The van der Waals surface area contributed by atoms with Crippen LogP contribution in [-0.2, 0) is 4.79 Å². The Morgan fingerprint density at radius 3 is 2.52 bits per heavy atom. The van der Waals surface area contributed by atoms with Gasteiger partial charge in [-0.15, -0.1) is 0 Å². The normalized spacial score (nSPS) is 15.5. The number of nitrogens with one attached hydrogen (secondary N) is 1. The Labute approximate surface area is 176 Å². The molecule has 11 nitrogen and oxygen atoms in total. The van der Waals surface area contributed by atoms with E-state index < -0.39 is 6.10 Å². The molecule has 31 heavy (non-hydrogen) atoms. The topological polar surface area (TPSA) is 143 Å². The molecule has 0 aromatic carbocycles. The molecule has 11 heteroatoms. The second-order valence-corrected chi connectivity index (χ2v) is 6.66. The zero-order chi connectivity index (χ0) is 21.6. The van der Waals surface area contributed by atoms with Gasteiger partial charge in [-0.3, -0.25) is 4.79 Å². The molecule has 5 heterocycles. The molecule has 1 unspecified atom stereocenters. The summed E-state index contributed by atoms with van der Waals surface area (Å²) in [6.07, 6.45) is 6.05. The van der Waals surface area contributed by atoms with E-state index in [2.05, 4.69) is 30.6 Å². The minimum Gasteiger partial charge on any atom is -0.383 e. The molecule has 1 atom stereocenters. The fourth-order valence-corrected chi connectivity index (χ4v) is 2.83. The molecular formula is C20H19N7O4. The first kappa shape index (κ1) is 20.2. The lowest BCUT2D eigenvalue weighted by molar-refractivity contribution is -0.133. The largest absolute Gasteiger partial charge is 0.383 e. The van der Waals surface area contributed by atoms with Gasteiger partial charge in [-0.25, -0.2) is 15.0 Å². The lowest BCUT2D eigenvalue weighted by atomic mass is 10.2. The fraction of sp³-hybridized carbons (Fsp3) is 0.200. The number of likely N-dealkylation sites (N-methyl/N-ethyl adjacent to an activating group) is 1. The van der Waals surface area contributed by atoms with E-state index in [4.69, 9.17) is 14.2 Å². The molecule has 2 N–H and O–H groups in total. The number of anilines is 2. The Balaban J connectivity index is 0.000000245. The van der Waals surface area contributed by atoms with Crippen LogP contribution in [0.15, 0.2) is 64.3 Å². The Morgan fingerprint density at radius 2 is 1.90 bits per heavy atom. The molecule has 0 aliphatic carbocycles. The lowest BCUT2D eigenvalue weighted by Gasteiger charge is -2.05. The summed E-state index contributed by atoms with van der Waals surface area (Å²) in [6, 6.07) is 9.16. The monoisotopic (exact) mass is 421 g/mol. The summed E-state index contributed by atoms with van der Waals surface area (Å²) in [5.41, 5.74) is 3.45. The van der Waals surface area contributed by atoms with Gasteiger partial charge in [0, 0.05) is 25.9 Å². The van der Waals surface area contributed by atoms with Crippen molar-refractivity contribution < 1.29 is 18.9 Å². The number of rotatable bonds is 4. The van der Waals surface area contributed by atoms with Crippen LogP contribution in [0.1, 0.15) is 6.42 Å². The Hall–Kier alpha value is -4.12. The summed E-state index contributed by atoms with van der Waals surface area (Å²) in [5, 5.41) is 19.3. The van der Waals surface area contributed by atoms with Crippen molar-refractivity contribution in [1.29, 1.82) is 0 Å². The van der Waals surface area contributed by atoms with Crippen LogP contribution in [0.25, 0.3) is 22.8 Å². The lowest BCUT2D eigenvalue weighted by Crippen LogP contribution is -2.24. The molecule has 1 fully saturated rings. The molecule has 0 radical (unpaired) electrons. The van der Waals surface area contributed by atoms with E-state index in [0.29, 0.717) is 47.4 Å². The van der Waals surface area contributed by atoms with Gasteiger partial charge in [0.25, 0.3) is 5.91 Å². The zero-order valence-electron chi connectivity index (χ0n) is 16.5. The molecule has 4 aromatic heterocycles. The molecule has 4 aromatic rings. The first-order chi connectivity index (χ1) is 15.1. The number of hydrogen-bond acceptors (Lipinski definition) is 10. The van der Waals surface area contributed by atoms with Gasteiger partial charge in [0.2, 0.25) is 5.95 Å². The number of carbonyl (C=O) groups excluding carboxylic acids is 1. The number of pyridine rings is 1. The van der Waals surface area contributed by atoms with Crippen LogP contribution in [0.2, 0.25) is 0 Å². The minimum absolute atomic E-state index is 0.148. The van der Waals surface area contributed by atoms with Crippen molar-refractivity contribution in [2.24, 2.45) is 0 Å². The van der Waals surface area contributed by atoms with Crippen LogP contribution in [0, 0.1) is 0 Å². The standard InChI is InChI=1S/C15H10N6O2.C5H9NO2/c1-2-11(19-12(3-1)14-5-7-22-21-14)13-4-6-16-15(20-13)18-10-8-17-23-9-10;1-6-3-2-4(7)5(6)8/h1-9H,(H,16,18,20);4,7H,2-3H2,1H3. The maximum atomic E-state index is 10.6. The maximum absolute atomic E-state index is 10.6. The number of aromatic nitrogens is 5. The van der Waals surface area contributed by atoms with Crippen LogP contribution < -0.4 is 5.32 Å². The van der Waals surface area contributed by atoms with Crippen LogP contribution in [-0.4, -0.2) is 60.9 Å². The first-order valence-electron chi connectivity index (χ1n) is 9.41. The van der Waals surface area contributed by atoms with Crippen molar-refractivity contribution in [3.8, 4) is 22.8 Å². The second kappa shape index (κ2) is 9.13. The van der Waals surface area contributed by atoms with E-state index in [1.165, 1.54) is 17.4 Å².